The van der Waals surface area contributed by atoms with Crippen LogP contribution in [-0.2, 0) is 16.9 Å². The van der Waals surface area contributed by atoms with Crippen molar-refractivity contribution in [1.29, 1.82) is 5.26 Å². The number of benzene rings is 1. The van der Waals surface area contributed by atoms with Crippen molar-refractivity contribution in [2.24, 2.45) is 5.41 Å². The zero-order valence-corrected chi connectivity index (χ0v) is 22.4. The number of piperazine rings is 1. The highest BCUT2D eigenvalue weighted by atomic mass is 35.5. The number of β-amino-alcohol motifs (C(OH)–C–C–N with tert-alkyl or cyclic N) is 1. The zero-order valence-electron chi connectivity index (χ0n) is 21.7. The molecular weight excluding hydrogens is 511 g/mol. The Kier molecular flexibility index (Phi) is 7.42. The Labute approximate surface area is 226 Å². The van der Waals surface area contributed by atoms with Crippen LogP contribution in [0.25, 0.3) is 0 Å². The highest BCUT2D eigenvalue weighted by Gasteiger charge is 2.47. The van der Waals surface area contributed by atoms with Crippen LogP contribution in [0.3, 0.4) is 0 Å². The molecule has 5 rings (SSSR count). The largest absolute Gasteiger partial charge is 0.384 e. The lowest BCUT2D eigenvalue weighted by molar-refractivity contribution is -0.0557. The zero-order chi connectivity index (χ0) is 27.1. The molecule has 2 aromatic rings. The minimum atomic E-state index is -1.33. The quantitative estimate of drug-likeness (QED) is 0.515. The van der Waals surface area contributed by atoms with E-state index in [1.165, 1.54) is 23.4 Å². The molecule has 1 aliphatic carbocycles. The molecule has 2 aliphatic heterocycles. The van der Waals surface area contributed by atoms with Gasteiger partial charge in [0.1, 0.15) is 17.2 Å². The summed E-state index contributed by atoms with van der Waals surface area (Å²) in [5, 5.41) is 21.5. The highest BCUT2D eigenvalue weighted by Crippen LogP contribution is 2.47. The molecule has 2 atom stereocenters. The molecular formula is C27H32ClFN6O3. The molecule has 0 bridgehead atoms. The Morgan fingerprint density at radius 1 is 1.26 bits per heavy atom. The number of fused-ring (bicyclic) bond motifs is 1. The predicted molar refractivity (Wildman–Crippen MR) is 137 cm³/mol. The van der Waals surface area contributed by atoms with Crippen LogP contribution in [0.2, 0.25) is 5.02 Å². The number of amides is 1. The van der Waals surface area contributed by atoms with Crippen molar-refractivity contribution in [2.75, 3.05) is 46.4 Å². The number of carbonyl (C=O) groups excluding carboxylic acids is 1. The van der Waals surface area contributed by atoms with Gasteiger partial charge in [-0.05, 0) is 44.0 Å². The highest BCUT2D eigenvalue weighted by molar-refractivity contribution is 6.30. The molecule has 1 aromatic carbocycles. The van der Waals surface area contributed by atoms with Crippen LogP contribution in [0, 0.1) is 22.6 Å². The number of aliphatic hydroxyl groups is 1. The van der Waals surface area contributed by atoms with Crippen molar-refractivity contribution in [3.05, 3.63) is 57.9 Å². The number of nitrogens with zero attached hydrogens (tertiary/aromatic N) is 6. The molecule has 0 radical (unpaired) electrons. The number of halogens is 2. The number of nitriles is 1. The molecule has 0 spiro atoms. The van der Waals surface area contributed by atoms with Crippen molar-refractivity contribution >= 4 is 17.5 Å². The Bertz CT molecular complexity index is 1240. The third-order valence-corrected chi connectivity index (χ3v) is 8.14. The maximum Gasteiger partial charge on any atom is 0.257 e. The summed E-state index contributed by atoms with van der Waals surface area (Å²) < 4.78 is 21.9. The molecule has 202 valence electrons. The third kappa shape index (κ3) is 5.26. The van der Waals surface area contributed by atoms with Gasteiger partial charge in [-0.25, -0.2) is 14.4 Å². The average Bonchev–Trinajstić information content (AvgIpc) is 3.65. The van der Waals surface area contributed by atoms with E-state index in [0.717, 1.165) is 26.2 Å². The molecule has 1 N–H and O–H groups in total. The topological polar surface area (TPSA) is 106 Å². The molecule has 2 fully saturated rings. The van der Waals surface area contributed by atoms with Crippen molar-refractivity contribution in [3.63, 3.8) is 0 Å². The van der Waals surface area contributed by atoms with Crippen LogP contribution < -0.4 is 0 Å². The van der Waals surface area contributed by atoms with Gasteiger partial charge in [-0.3, -0.25) is 9.69 Å². The maximum absolute atomic E-state index is 15.8. The Morgan fingerprint density at radius 2 is 1.95 bits per heavy atom. The van der Waals surface area contributed by atoms with Crippen LogP contribution in [0.4, 0.5) is 4.39 Å². The summed E-state index contributed by atoms with van der Waals surface area (Å²) in [6, 6.07) is 5.19. The minimum absolute atomic E-state index is 0.0248. The number of ether oxygens (including phenoxy) is 1. The summed E-state index contributed by atoms with van der Waals surface area (Å²) in [6.07, 6.45) is 3.59. The van der Waals surface area contributed by atoms with E-state index < -0.39 is 29.0 Å². The Morgan fingerprint density at radius 3 is 2.55 bits per heavy atom. The second-order valence-electron chi connectivity index (χ2n) is 10.7. The molecule has 1 saturated heterocycles. The van der Waals surface area contributed by atoms with Gasteiger partial charge in [0.25, 0.3) is 5.91 Å². The van der Waals surface area contributed by atoms with Gasteiger partial charge in [0, 0.05) is 50.7 Å². The monoisotopic (exact) mass is 542 g/mol. The summed E-state index contributed by atoms with van der Waals surface area (Å²) in [4.78, 5) is 27.8. The van der Waals surface area contributed by atoms with Gasteiger partial charge in [-0.15, -0.1) is 0 Å². The Balaban J connectivity index is 1.46. The van der Waals surface area contributed by atoms with Gasteiger partial charge >= 0.3 is 0 Å². The molecule has 3 heterocycles. The molecule has 1 amide bonds. The lowest BCUT2D eigenvalue weighted by atomic mass is 9.87. The maximum atomic E-state index is 15.8. The van der Waals surface area contributed by atoms with E-state index in [4.69, 9.17) is 16.3 Å². The van der Waals surface area contributed by atoms with Crippen molar-refractivity contribution in [1.82, 2.24) is 24.7 Å². The van der Waals surface area contributed by atoms with Gasteiger partial charge in [0.05, 0.1) is 35.2 Å². The van der Waals surface area contributed by atoms with E-state index in [0.29, 0.717) is 42.2 Å². The number of rotatable bonds is 9. The van der Waals surface area contributed by atoms with Crippen LogP contribution in [0.5, 0.6) is 0 Å². The molecule has 1 aromatic heterocycles. The lowest BCUT2D eigenvalue weighted by Crippen LogP contribution is -2.49. The summed E-state index contributed by atoms with van der Waals surface area (Å²) >= 11 is 5.91. The summed E-state index contributed by atoms with van der Waals surface area (Å²) in [6.45, 7) is 5.65. The van der Waals surface area contributed by atoms with Crippen LogP contribution in [0.15, 0.2) is 24.5 Å². The SMILES string of the molecule is CCC(O)(CN1CCN(C)CC1)c1cc(F)c2c(c1)C(=O)N(Cc1ncc(Cl)cn1)[C@@H]2OCC1(C#N)CC1. The second-order valence-corrected chi connectivity index (χ2v) is 11.1. The molecule has 38 heavy (non-hydrogen) atoms. The fourth-order valence-corrected chi connectivity index (χ4v) is 5.19. The first-order valence-electron chi connectivity index (χ1n) is 12.9. The summed E-state index contributed by atoms with van der Waals surface area (Å²) in [5.74, 6) is -0.738. The van der Waals surface area contributed by atoms with Gasteiger partial charge in [-0.1, -0.05) is 18.5 Å². The Hall–Kier alpha value is -2.68. The number of hydrogen-bond acceptors (Lipinski definition) is 8. The average molecular weight is 543 g/mol. The number of aromatic nitrogens is 2. The lowest BCUT2D eigenvalue weighted by Gasteiger charge is -2.38. The van der Waals surface area contributed by atoms with E-state index in [1.807, 2.05) is 6.92 Å². The minimum Gasteiger partial charge on any atom is -0.384 e. The molecule has 11 heteroatoms. The molecule has 1 unspecified atom stereocenters. The van der Waals surface area contributed by atoms with E-state index in [1.54, 1.807) is 6.07 Å². The van der Waals surface area contributed by atoms with Gasteiger partial charge in [0.2, 0.25) is 0 Å². The van der Waals surface area contributed by atoms with Crippen LogP contribution in [-0.4, -0.2) is 82.1 Å². The van der Waals surface area contributed by atoms with E-state index in [-0.39, 0.29) is 24.3 Å². The molecule has 9 nitrogen and oxygen atoms in total. The molecule has 3 aliphatic rings. The molecule has 1 saturated carbocycles. The summed E-state index contributed by atoms with van der Waals surface area (Å²) in [7, 11) is 2.06. The second kappa shape index (κ2) is 10.5. The van der Waals surface area contributed by atoms with Crippen LogP contribution >= 0.6 is 11.6 Å². The third-order valence-electron chi connectivity index (χ3n) is 7.95. The van der Waals surface area contributed by atoms with Gasteiger partial charge in [0.15, 0.2) is 6.23 Å². The van der Waals surface area contributed by atoms with E-state index in [2.05, 4.69) is 32.9 Å². The predicted octanol–water partition coefficient (Wildman–Crippen LogP) is 3.09. The van der Waals surface area contributed by atoms with Crippen molar-refractivity contribution in [3.8, 4) is 6.07 Å². The van der Waals surface area contributed by atoms with Gasteiger partial charge < -0.3 is 19.6 Å². The first-order chi connectivity index (χ1) is 18.2. The van der Waals surface area contributed by atoms with E-state index >= 15 is 4.39 Å². The number of likely N-dealkylation sites (N-methyl/N-ethyl adjacent to an activating group) is 1. The standard InChI is InChI=1S/C27H32ClFN6O3/c1-3-27(37,16-34-8-6-33(2)7-9-34)18-10-20-23(21(29)11-18)25(38-17-26(15-30)4-5-26)35(24(20)36)14-22-31-12-19(28)13-32-22/h10-13,25,37H,3-9,14,16-17H2,1-2H3/t25-,27?/m1/s1. The van der Waals surface area contributed by atoms with Crippen molar-refractivity contribution < 1.29 is 19.0 Å². The fraction of sp³-hybridized carbons (Fsp3) is 0.556. The first-order valence-corrected chi connectivity index (χ1v) is 13.3. The van der Waals surface area contributed by atoms with E-state index in [9.17, 15) is 15.2 Å². The van der Waals surface area contributed by atoms with Gasteiger partial charge in [-0.2, -0.15) is 5.26 Å². The summed E-state index contributed by atoms with van der Waals surface area (Å²) in [5.41, 5.74) is -1.31. The smallest absolute Gasteiger partial charge is 0.257 e. The normalized spacial score (nSPS) is 22.7. The first kappa shape index (κ1) is 26.9. The number of carbonyl (C=O) groups is 1. The fourth-order valence-electron chi connectivity index (χ4n) is 5.09. The number of hydrogen-bond donors (Lipinski definition) is 1. The van der Waals surface area contributed by atoms with Crippen molar-refractivity contribution in [2.45, 2.75) is 44.6 Å². The van der Waals surface area contributed by atoms with Crippen LogP contribution in [0.1, 0.15) is 59.7 Å².